The lowest BCUT2D eigenvalue weighted by molar-refractivity contribution is 0.239. The molecular formula is C15H29N3O6Si. The number of aliphatic hydroxyl groups is 2. The van der Waals surface area contributed by atoms with Gasteiger partial charge < -0.3 is 14.6 Å². The van der Waals surface area contributed by atoms with Crippen LogP contribution in [-0.2, 0) is 24.1 Å². The van der Waals surface area contributed by atoms with Crippen LogP contribution < -0.4 is 17.1 Å². The molecule has 25 heavy (non-hydrogen) atoms. The molecule has 1 aromatic heterocycles. The summed E-state index contributed by atoms with van der Waals surface area (Å²) in [7, 11) is -2.03. The third kappa shape index (κ3) is 4.78. The second kappa shape index (κ2) is 8.26. The van der Waals surface area contributed by atoms with Gasteiger partial charge in [0.2, 0.25) is 0 Å². The Morgan fingerprint density at radius 3 is 1.52 bits per heavy atom. The minimum absolute atomic E-state index is 0.00130. The Bertz CT molecular complexity index is 712. The van der Waals surface area contributed by atoms with Gasteiger partial charge >= 0.3 is 17.1 Å². The Hall–Kier alpha value is -1.49. The molecule has 0 aliphatic carbocycles. The molecule has 1 rings (SSSR count). The van der Waals surface area contributed by atoms with Crippen LogP contribution >= 0.6 is 0 Å². The average Bonchev–Trinajstić information content (AvgIpc) is 2.50. The van der Waals surface area contributed by atoms with E-state index < -0.39 is 38.6 Å². The van der Waals surface area contributed by atoms with Crippen LogP contribution in [0.3, 0.4) is 0 Å². The third-order valence-corrected chi connectivity index (χ3v) is 9.15. The Balaban J connectivity index is 3.21. The van der Waals surface area contributed by atoms with Crippen molar-refractivity contribution in [2.45, 2.75) is 58.5 Å². The molecule has 2 N–H and O–H groups in total. The van der Waals surface area contributed by atoms with E-state index in [-0.39, 0.29) is 31.3 Å². The van der Waals surface area contributed by atoms with Gasteiger partial charge in [0, 0.05) is 0 Å². The molecule has 0 radical (unpaired) electrons. The summed E-state index contributed by atoms with van der Waals surface area (Å²) in [6.45, 7) is 9.30. The van der Waals surface area contributed by atoms with Crippen molar-refractivity contribution in [3.63, 3.8) is 0 Å². The van der Waals surface area contributed by atoms with Crippen LogP contribution in [0.25, 0.3) is 0 Å². The Morgan fingerprint density at radius 1 is 0.840 bits per heavy atom. The van der Waals surface area contributed by atoms with Gasteiger partial charge in [0.1, 0.15) is 0 Å². The highest BCUT2D eigenvalue weighted by atomic mass is 28.4. The van der Waals surface area contributed by atoms with Crippen LogP contribution in [0, 0.1) is 0 Å². The zero-order chi connectivity index (χ0) is 19.4. The first-order chi connectivity index (χ1) is 11.5. The predicted octanol–water partition coefficient (Wildman–Crippen LogP) is -0.822. The van der Waals surface area contributed by atoms with Crippen LogP contribution in [0.1, 0.15) is 20.8 Å². The van der Waals surface area contributed by atoms with Crippen LogP contribution in [0.5, 0.6) is 0 Å². The SMILES string of the molecule is CC(C)(C)[Si](C)(C)OCCn1c(=O)n(CCO)c(=O)n(CCO)c1=O. The van der Waals surface area contributed by atoms with Crippen molar-refractivity contribution >= 4 is 8.32 Å². The smallest absolute Gasteiger partial charge is 0.336 e. The summed E-state index contributed by atoms with van der Waals surface area (Å²) >= 11 is 0. The summed E-state index contributed by atoms with van der Waals surface area (Å²) < 4.78 is 8.49. The predicted molar refractivity (Wildman–Crippen MR) is 96.5 cm³/mol. The van der Waals surface area contributed by atoms with Gasteiger partial charge in [-0.25, -0.2) is 28.1 Å². The molecule has 0 saturated heterocycles. The van der Waals surface area contributed by atoms with Gasteiger partial charge in [0.25, 0.3) is 0 Å². The molecular weight excluding hydrogens is 346 g/mol. The second-order valence-corrected chi connectivity index (χ2v) is 12.2. The van der Waals surface area contributed by atoms with E-state index in [4.69, 9.17) is 14.6 Å². The first-order valence-electron chi connectivity index (χ1n) is 8.28. The highest BCUT2D eigenvalue weighted by Gasteiger charge is 2.37. The van der Waals surface area contributed by atoms with Crippen molar-refractivity contribution in [2.24, 2.45) is 0 Å². The summed E-state index contributed by atoms with van der Waals surface area (Å²) in [4.78, 5) is 37.0. The molecule has 0 aliphatic rings. The standard InChI is InChI=1S/C15H29N3O6Si/c1-15(2,3)25(4,5)24-11-8-18-13(22)16(6-9-19)12(21)17(7-10-20)14(18)23/h19-20H,6-11H2,1-5H3. The quantitative estimate of drug-likeness (QED) is 0.574. The Morgan fingerprint density at radius 2 is 1.20 bits per heavy atom. The fraction of sp³-hybridized carbons (Fsp3) is 0.800. The van der Waals surface area contributed by atoms with Crippen molar-refractivity contribution in [1.82, 2.24) is 13.7 Å². The summed E-state index contributed by atoms with van der Waals surface area (Å²) in [5.74, 6) is 0. The van der Waals surface area contributed by atoms with Gasteiger partial charge in [-0.3, -0.25) is 0 Å². The van der Waals surface area contributed by atoms with E-state index in [2.05, 4.69) is 33.9 Å². The number of nitrogens with zero attached hydrogens (tertiary/aromatic N) is 3. The Labute approximate surface area is 147 Å². The highest BCUT2D eigenvalue weighted by Crippen LogP contribution is 2.36. The summed E-state index contributed by atoms with van der Waals surface area (Å²) in [5, 5.41) is 18.1. The molecule has 0 atom stereocenters. The lowest BCUT2D eigenvalue weighted by Gasteiger charge is -2.36. The van der Waals surface area contributed by atoms with Crippen LogP contribution in [0.2, 0.25) is 18.1 Å². The summed E-state index contributed by atoms with van der Waals surface area (Å²) in [6, 6.07) is 0. The maximum absolute atomic E-state index is 12.4. The minimum atomic E-state index is -2.03. The van der Waals surface area contributed by atoms with E-state index in [1.165, 1.54) is 0 Å². The van der Waals surface area contributed by atoms with E-state index in [0.29, 0.717) is 0 Å². The maximum Gasteiger partial charge on any atom is 0.336 e. The van der Waals surface area contributed by atoms with E-state index in [1.807, 2.05) is 0 Å². The van der Waals surface area contributed by atoms with Crippen LogP contribution in [-0.4, -0.2) is 52.1 Å². The summed E-state index contributed by atoms with van der Waals surface area (Å²) in [6.07, 6.45) is 0. The zero-order valence-electron chi connectivity index (χ0n) is 15.6. The zero-order valence-corrected chi connectivity index (χ0v) is 16.6. The lowest BCUT2D eigenvalue weighted by atomic mass is 10.2. The number of rotatable bonds is 8. The first kappa shape index (κ1) is 21.5. The van der Waals surface area contributed by atoms with Crippen molar-refractivity contribution in [3.8, 4) is 0 Å². The molecule has 10 heteroatoms. The van der Waals surface area contributed by atoms with Crippen molar-refractivity contribution in [3.05, 3.63) is 31.5 Å². The molecule has 144 valence electrons. The van der Waals surface area contributed by atoms with Gasteiger partial charge in [0.05, 0.1) is 39.5 Å². The topological polar surface area (TPSA) is 116 Å². The molecule has 0 saturated carbocycles. The molecule has 0 fully saturated rings. The Kier molecular flexibility index (Phi) is 7.12. The fourth-order valence-electron chi connectivity index (χ4n) is 2.07. The third-order valence-electron chi connectivity index (χ3n) is 4.62. The van der Waals surface area contributed by atoms with E-state index in [0.717, 1.165) is 13.7 Å². The van der Waals surface area contributed by atoms with Gasteiger partial charge in [0.15, 0.2) is 8.32 Å². The largest absolute Gasteiger partial charge is 0.415 e. The normalized spacial score (nSPS) is 12.6. The van der Waals surface area contributed by atoms with E-state index in [9.17, 15) is 14.4 Å². The number of aliphatic hydroxyl groups excluding tert-OH is 2. The minimum Gasteiger partial charge on any atom is -0.415 e. The molecule has 0 amide bonds. The monoisotopic (exact) mass is 375 g/mol. The maximum atomic E-state index is 12.4. The van der Waals surface area contributed by atoms with Crippen LogP contribution in [0.4, 0.5) is 0 Å². The molecule has 0 aromatic carbocycles. The van der Waals surface area contributed by atoms with Gasteiger partial charge in [-0.2, -0.15) is 0 Å². The van der Waals surface area contributed by atoms with Crippen molar-refractivity contribution in [2.75, 3.05) is 19.8 Å². The van der Waals surface area contributed by atoms with Crippen molar-refractivity contribution < 1.29 is 14.6 Å². The summed E-state index contributed by atoms with van der Waals surface area (Å²) in [5.41, 5.74) is -2.39. The van der Waals surface area contributed by atoms with E-state index >= 15 is 0 Å². The molecule has 1 heterocycles. The molecule has 0 unspecified atom stereocenters. The number of hydrogen-bond acceptors (Lipinski definition) is 6. The van der Waals surface area contributed by atoms with Crippen LogP contribution in [0.15, 0.2) is 14.4 Å². The van der Waals surface area contributed by atoms with E-state index in [1.54, 1.807) is 0 Å². The molecule has 1 aromatic rings. The lowest BCUT2D eigenvalue weighted by Crippen LogP contribution is -2.55. The molecule has 0 bridgehead atoms. The fourth-order valence-corrected chi connectivity index (χ4v) is 3.10. The van der Waals surface area contributed by atoms with Crippen molar-refractivity contribution in [1.29, 1.82) is 0 Å². The van der Waals surface area contributed by atoms with Gasteiger partial charge in [-0.1, -0.05) is 20.8 Å². The second-order valence-electron chi connectivity index (χ2n) is 7.36. The highest BCUT2D eigenvalue weighted by molar-refractivity contribution is 6.74. The molecule has 0 spiro atoms. The van der Waals surface area contributed by atoms with Gasteiger partial charge in [-0.05, 0) is 18.1 Å². The van der Waals surface area contributed by atoms with Gasteiger partial charge in [-0.15, -0.1) is 0 Å². The number of aromatic nitrogens is 3. The molecule has 0 aliphatic heterocycles. The first-order valence-corrected chi connectivity index (χ1v) is 11.2. The molecule has 9 nitrogen and oxygen atoms in total. The number of hydrogen-bond donors (Lipinski definition) is 2. The average molecular weight is 375 g/mol.